The minimum absolute atomic E-state index is 0.110. The van der Waals surface area contributed by atoms with Gasteiger partial charge in [0.1, 0.15) is 0 Å². The minimum Gasteiger partial charge on any atom is -0.330 e. The number of nitrogens with two attached hydrogens (primary N) is 1. The standard InChI is InChI=1S/C18H19NO/c19-11-10-13-4-6-15(7-5-13)18(20)17-9-8-14-2-1-3-16(14)12-17/h4-9,12H,1-3,10-11,19H2. The molecule has 0 saturated heterocycles. The second kappa shape index (κ2) is 5.59. The average molecular weight is 265 g/mol. The highest BCUT2D eigenvalue weighted by Crippen LogP contribution is 2.24. The third-order valence-electron chi connectivity index (χ3n) is 4.01. The lowest BCUT2D eigenvalue weighted by molar-refractivity contribution is 0.103. The van der Waals surface area contributed by atoms with Crippen molar-refractivity contribution in [2.45, 2.75) is 25.7 Å². The summed E-state index contributed by atoms with van der Waals surface area (Å²) in [5, 5.41) is 0. The SMILES string of the molecule is NCCc1ccc(C(=O)c2ccc3c(c2)CCC3)cc1. The Morgan fingerprint density at radius 2 is 1.65 bits per heavy atom. The zero-order valence-electron chi connectivity index (χ0n) is 11.6. The molecule has 2 aromatic rings. The van der Waals surface area contributed by atoms with Gasteiger partial charge in [-0.2, -0.15) is 0 Å². The number of carbonyl (C=O) groups excluding carboxylic acids is 1. The Morgan fingerprint density at radius 1 is 0.950 bits per heavy atom. The summed E-state index contributed by atoms with van der Waals surface area (Å²) in [6.07, 6.45) is 4.32. The van der Waals surface area contributed by atoms with Crippen LogP contribution in [0.5, 0.6) is 0 Å². The van der Waals surface area contributed by atoms with Crippen LogP contribution in [-0.2, 0) is 19.3 Å². The lowest BCUT2D eigenvalue weighted by Gasteiger charge is -2.05. The van der Waals surface area contributed by atoms with Crippen LogP contribution in [0.15, 0.2) is 42.5 Å². The fourth-order valence-electron chi connectivity index (χ4n) is 2.87. The molecule has 0 saturated carbocycles. The van der Waals surface area contributed by atoms with Crippen LogP contribution in [0.4, 0.5) is 0 Å². The van der Waals surface area contributed by atoms with E-state index in [1.807, 2.05) is 30.3 Å². The summed E-state index contributed by atoms with van der Waals surface area (Å²) in [6.45, 7) is 0.637. The van der Waals surface area contributed by atoms with E-state index in [0.29, 0.717) is 6.54 Å². The van der Waals surface area contributed by atoms with E-state index in [2.05, 4.69) is 12.1 Å². The van der Waals surface area contributed by atoms with Gasteiger partial charge in [-0.3, -0.25) is 4.79 Å². The fourth-order valence-corrected chi connectivity index (χ4v) is 2.87. The van der Waals surface area contributed by atoms with Gasteiger partial charge in [0.15, 0.2) is 5.78 Å². The van der Waals surface area contributed by atoms with Crippen molar-refractivity contribution in [1.29, 1.82) is 0 Å². The van der Waals surface area contributed by atoms with E-state index in [4.69, 9.17) is 5.73 Å². The maximum atomic E-state index is 12.5. The molecule has 0 aromatic heterocycles. The minimum atomic E-state index is 0.110. The molecule has 0 heterocycles. The summed E-state index contributed by atoms with van der Waals surface area (Å²) in [7, 11) is 0. The van der Waals surface area contributed by atoms with Gasteiger partial charge in [0, 0.05) is 11.1 Å². The number of hydrogen-bond donors (Lipinski definition) is 1. The summed E-state index contributed by atoms with van der Waals surface area (Å²) < 4.78 is 0. The third-order valence-corrected chi connectivity index (χ3v) is 4.01. The van der Waals surface area contributed by atoms with Crippen LogP contribution in [0.25, 0.3) is 0 Å². The molecule has 0 fully saturated rings. The molecule has 102 valence electrons. The number of hydrogen-bond acceptors (Lipinski definition) is 2. The number of rotatable bonds is 4. The molecule has 2 nitrogen and oxygen atoms in total. The molecule has 1 aliphatic carbocycles. The zero-order chi connectivity index (χ0) is 13.9. The van der Waals surface area contributed by atoms with Gasteiger partial charge in [0.05, 0.1) is 0 Å². The first-order valence-electron chi connectivity index (χ1n) is 7.23. The lowest BCUT2D eigenvalue weighted by Crippen LogP contribution is -2.05. The largest absolute Gasteiger partial charge is 0.330 e. The molecule has 20 heavy (non-hydrogen) atoms. The van der Waals surface area contributed by atoms with Crippen LogP contribution in [0, 0.1) is 0 Å². The molecule has 1 aliphatic rings. The van der Waals surface area contributed by atoms with Crippen molar-refractivity contribution >= 4 is 5.78 Å². The number of fused-ring (bicyclic) bond motifs is 1. The summed E-state index contributed by atoms with van der Waals surface area (Å²) in [5.74, 6) is 0.110. The number of aryl methyl sites for hydroxylation is 2. The Labute approximate surface area is 119 Å². The second-order valence-corrected chi connectivity index (χ2v) is 5.40. The van der Waals surface area contributed by atoms with Crippen molar-refractivity contribution in [3.63, 3.8) is 0 Å². The molecule has 2 aromatic carbocycles. The van der Waals surface area contributed by atoms with Gasteiger partial charge in [-0.25, -0.2) is 0 Å². The number of ketones is 1. The van der Waals surface area contributed by atoms with Crippen LogP contribution in [0.3, 0.4) is 0 Å². The Kier molecular flexibility index (Phi) is 3.66. The molecule has 0 amide bonds. The van der Waals surface area contributed by atoms with Crippen LogP contribution in [-0.4, -0.2) is 12.3 Å². The number of benzene rings is 2. The highest BCUT2D eigenvalue weighted by Gasteiger charge is 2.15. The molecule has 0 atom stereocenters. The zero-order valence-corrected chi connectivity index (χ0v) is 11.6. The van der Waals surface area contributed by atoms with Crippen molar-refractivity contribution < 1.29 is 4.79 Å². The van der Waals surface area contributed by atoms with Gasteiger partial charge in [-0.15, -0.1) is 0 Å². The Balaban J connectivity index is 1.84. The topological polar surface area (TPSA) is 43.1 Å². The normalized spacial score (nSPS) is 13.2. The van der Waals surface area contributed by atoms with Gasteiger partial charge in [0.25, 0.3) is 0 Å². The maximum absolute atomic E-state index is 12.5. The molecule has 0 bridgehead atoms. The smallest absolute Gasteiger partial charge is 0.193 e. The van der Waals surface area contributed by atoms with Crippen molar-refractivity contribution in [3.05, 3.63) is 70.3 Å². The van der Waals surface area contributed by atoms with Crippen LogP contribution in [0.2, 0.25) is 0 Å². The Morgan fingerprint density at radius 3 is 2.40 bits per heavy atom. The highest BCUT2D eigenvalue weighted by molar-refractivity contribution is 6.09. The van der Waals surface area contributed by atoms with Crippen molar-refractivity contribution in [1.82, 2.24) is 0 Å². The first-order valence-corrected chi connectivity index (χ1v) is 7.23. The molecule has 0 spiro atoms. The highest BCUT2D eigenvalue weighted by atomic mass is 16.1. The van der Waals surface area contributed by atoms with E-state index in [1.165, 1.54) is 23.1 Å². The van der Waals surface area contributed by atoms with Gasteiger partial charge < -0.3 is 5.73 Å². The van der Waals surface area contributed by atoms with Crippen molar-refractivity contribution in [2.24, 2.45) is 5.73 Å². The monoisotopic (exact) mass is 265 g/mol. The molecule has 0 aliphatic heterocycles. The van der Waals surface area contributed by atoms with Gasteiger partial charge in [-0.05, 0) is 55.0 Å². The Bertz CT molecular complexity index is 628. The molecular weight excluding hydrogens is 246 g/mol. The third kappa shape index (κ3) is 2.52. The summed E-state index contributed by atoms with van der Waals surface area (Å²) in [5.41, 5.74) is 11.0. The predicted molar refractivity (Wildman–Crippen MR) is 81.1 cm³/mol. The Hall–Kier alpha value is -1.93. The molecular formula is C18H19NO. The first kappa shape index (κ1) is 13.1. The van der Waals surface area contributed by atoms with Crippen LogP contribution < -0.4 is 5.73 Å². The fraction of sp³-hybridized carbons (Fsp3) is 0.278. The van der Waals surface area contributed by atoms with Crippen LogP contribution in [0.1, 0.15) is 39.0 Å². The second-order valence-electron chi connectivity index (χ2n) is 5.40. The quantitative estimate of drug-likeness (QED) is 0.864. The average Bonchev–Trinajstić information content (AvgIpc) is 2.95. The molecule has 0 radical (unpaired) electrons. The van der Waals surface area contributed by atoms with Gasteiger partial charge in [-0.1, -0.05) is 36.4 Å². The van der Waals surface area contributed by atoms with E-state index in [9.17, 15) is 4.79 Å². The lowest BCUT2D eigenvalue weighted by atomic mass is 9.98. The van der Waals surface area contributed by atoms with Gasteiger partial charge >= 0.3 is 0 Å². The van der Waals surface area contributed by atoms with E-state index >= 15 is 0 Å². The van der Waals surface area contributed by atoms with E-state index < -0.39 is 0 Å². The summed E-state index contributed by atoms with van der Waals surface area (Å²) in [6, 6.07) is 13.9. The van der Waals surface area contributed by atoms with E-state index in [0.717, 1.165) is 30.4 Å². The molecule has 2 heteroatoms. The van der Waals surface area contributed by atoms with Crippen molar-refractivity contribution in [3.8, 4) is 0 Å². The predicted octanol–water partition coefficient (Wildman–Crippen LogP) is 2.91. The van der Waals surface area contributed by atoms with E-state index in [-0.39, 0.29) is 5.78 Å². The summed E-state index contributed by atoms with van der Waals surface area (Å²) >= 11 is 0. The first-order chi connectivity index (χ1) is 9.78. The number of carbonyl (C=O) groups is 1. The molecule has 3 rings (SSSR count). The van der Waals surface area contributed by atoms with Crippen LogP contribution >= 0.6 is 0 Å². The maximum Gasteiger partial charge on any atom is 0.193 e. The van der Waals surface area contributed by atoms with Crippen molar-refractivity contribution in [2.75, 3.05) is 6.54 Å². The summed E-state index contributed by atoms with van der Waals surface area (Å²) in [4.78, 5) is 12.5. The van der Waals surface area contributed by atoms with Gasteiger partial charge in [0.2, 0.25) is 0 Å². The van der Waals surface area contributed by atoms with E-state index in [1.54, 1.807) is 0 Å². The molecule has 2 N–H and O–H groups in total. The molecule has 0 unspecified atom stereocenters.